The van der Waals surface area contributed by atoms with Gasteiger partial charge in [-0.25, -0.2) is 4.98 Å². The third-order valence-corrected chi connectivity index (χ3v) is 5.44. The first-order chi connectivity index (χ1) is 14.3. The molecule has 1 fully saturated rings. The number of carbonyl (C=O) groups is 2. The molecule has 0 spiro atoms. The molecule has 0 saturated carbocycles. The second-order valence-corrected chi connectivity index (χ2v) is 8.32. The van der Waals surface area contributed by atoms with Crippen molar-refractivity contribution in [3.63, 3.8) is 0 Å². The Morgan fingerprint density at radius 3 is 2.27 bits per heavy atom. The van der Waals surface area contributed by atoms with Gasteiger partial charge in [-0.2, -0.15) is 0 Å². The van der Waals surface area contributed by atoms with Gasteiger partial charge in [-0.05, 0) is 49.4 Å². The van der Waals surface area contributed by atoms with E-state index >= 15 is 0 Å². The lowest BCUT2D eigenvalue weighted by Crippen LogP contribution is -2.47. The first-order valence-electron chi connectivity index (χ1n) is 10.1. The average molecular weight is 430 g/mol. The van der Waals surface area contributed by atoms with E-state index in [9.17, 15) is 9.59 Å². The zero-order valence-electron chi connectivity index (χ0n) is 17.6. The summed E-state index contributed by atoms with van der Waals surface area (Å²) < 4.78 is 0. The van der Waals surface area contributed by atoms with Crippen LogP contribution in [0.5, 0.6) is 0 Å². The molecule has 160 valence electrons. The first-order valence-corrected chi connectivity index (χ1v) is 10.5. The summed E-state index contributed by atoms with van der Waals surface area (Å²) in [5, 5.41) is 6.23. The van der Waals surface area contributed by atoms with E-state index in [0.717, 1.165) is 32.0 Å². The number of aromatic nitrogens is 1. The molecule has 1 atom stereocenters. The molecule has 2 N–H and O–H groups in total. The number of likely N-dealkylation sites (N-methyl/N-ethyl adjacent to an activating group) is 1. The van der Waals surface area contributed by atoms with Crippen LogP contribution in [-0.2, 0) is 4.79 Å². The second kappa shape index (κ2) is 9.91. The minimum atomic E-state index is -0.675. The van der Waals surface area contributed by atoms with Crippen molar-refractivity contribution in [3.8, 4) is 0 Å². The lowest BCUT2D eigenvalue weighted by atomic mass is 10.0. The Balaban J connectivity index is 1.61. The van der Waals surface area contributed by atoms with Crippen LogP contribution in [-0.4, -0.2) is 61.0 Å². The summed E-state index contributed by atoms with van der Waals surface area (Å²) in [5.41, 5.74) is 1.06. The highest BCUT2D eigenvalue weighted by Crippen LogP contribution is 2.17. The van der Waals surface area contributed by atoms with E-state index < -0.39 is 6.04 Å². The van der Waals surface area contributed by atoms with Gasteiger partial charge in [-0.15, -0.1) is 0 Å². The molecule has 0 radical (unpaired) electrons. The van der Waals surface area contributed by atoms with Gasteiger partial charge in [0.1, 0.15) is 11.9 Å². The van der Waals surface area contributed by atoms with Crippen molar-refractivity contribution < 1.29 is 9.59 Å². The van der Waals surface area contributed by atoms with E-state index in [4.69, 9.17) is 11.6 Å². The zero-order chi connectivity index (χ0) is 21.7. The first kappa shape index (κ1) is 22.1. The number of rotatable bonds is 6. The molecule has 1 unspecified atom stereocenters. The standard InChI is InChI=1S/C22H28ClN5O2/c1-15(2)20(26-21(29)16-4-6-17(23)7-5-16)22(30)25-18-8-9-19(24-14-18)28-12-10-27(3)11-13-28/h4-9,14-15,20H,10-13H2,1-3H3,(H,25,30)(H,26,29). The van der Waals surface area contributed by atoms with E-state index in [0.29, 0.717) is 16.3 Å². The maximum atomic E-state index is 12.8. The number of hydrogen-bond donors (Lipinski definition) is 2. The number of hydrogen-bond acceptors (Lipinski definition) is 5. The van der Waals surface area contributed by atoms with Crippen molar-refractivity contribution >= 4 is 34.9 Å². The number of nitrogens with one attached hydrogen (secondary N) is 2. The van der Waals surface area contributed by atoms with Crippen LogP contribution >= 0.6 is 11.6 Å². The Morgan fingerprint density at radius 2 is 1.70 bits per heavy atom. The normalized spacial score (nSPS) is 15.7. The highest BCUT2D eigenvalue weighted by molar-refractivity contribution is 6.30. The summed E-state index contributed by atoms with van der Waals surface area (Å²) in [6.07, 6.45) is 1.66. The van der Waals surface area contributed by atoms with Crippen LogP contribution in [0.2, 0.25) is 5.02 Å². The van der Waals surface area contributed by atoms with Crippen LogP contribution in [0.15, 0.2) is 42.6 Å². The minimum absolute atomic E-state index is 0.0844. The average Bonchev–Trinajstić information content (AvgIpc) is 2.73. The van der Waals surface area contributed by atoms with Gasteiger partial charge in [-0.1, -0.05) is 25.4 Å². The third kappa shape index (κ3) is 5.70. The highest BCUT2D eigenvalue weighted by Gasteiger charge is 2.25. The van der Waals surface area contributed by atoms with Crippen LogP contribution in [0.4, 0.5) is 11.5 Å². The molecule has 30 heavy (non-hydrogen) atoms. The summed E-state index contributed by atoms with van der Waals surface area (Å²) >= 11 is 5.87. The summed E-state index contributed by atoms with van der Waals surface area (Å²) in [7, 11) is 2.11. The fraction of sp³-hybridized carbons (Fsp3) is 0.409. The van der Waals surface area contributed by atoms with Gasteiger partial charge in [0.25, 0.3) is 5.91 Å². The van der Waals surface area contributed by atoms with Gasteiger partial charge >= 0.3 is 0 Å². The molecular weight excluding hydrogens is 402 g/mol. The Labute approximate surface area is 182 Å². The molecule has 1 aromatic heterocycles. The molecule has 1 aliphatic rings. The van der Waals surface area contributed by atoms with Gasteiger partial charge in [0.05, 0.1) is 11.9 Å². The Hall–Kier alpha value is -2.64. The number of amides is 2. The predicted molar refractivity (Wildman–Crippen MR) is 120 cm³/mol. The molecule has 7 nitrogen and oxygen atoms in total. The predicted octanol–water partition coefficient (Wildman–Crippen LogP) is 2.88. The van der Waals surface area contributed by atoms with E-state index in [2.05, 4.69) is 32.5 Å². The quantitative estimate of drug-likeness (QED) is 0.738. The topological polar surface area (TPSA) is 77.6 Å². The number of pyridine rings is 1. The van der Waals surface area contributed by atoms with Crippen LogP contribution in [0.25, 0.3) is 0 Å². The summed E-state index contributed by atoms with van der Waals surface area (Å²) in [6.45, 7) is 7.65. The van der Waals surface area contributed by atoms with Crippen molar-refractivity contribution in [3.05, 3.63) is 53.2 Å². The number of nitrogens with zero attached hydrogens (tertiary/aromatic N) is 3. The van der Waals surface area contributed by atoms with Crippen LogP contribution in [0.3, 0.4) is 0 Å². The highest BCUT2D eigenvalue weighted by atomic mass is 35.5. The van der Waals surface area contributed by atoms with Crippen molar-refractivity contribution in [2.45, 2.75) is 19.9 Å². The van der Waals surface area contributed by atoms with E-state index in [1.54, 1.807) is 30.5 Å². The molecule has 1 aliphatic heterocycles. The maximum absolute atomic E-state index is 12.8. The lowest BCUT2D eigenvalue weighted by Gasteiger charge is -2.33. The van der Waals surface area contributed by atoms with Crippen LogP contribution < -0.4 is 15.5 Å². The number of anilines is 2. The zero-order valence-corrected chi connectivity index (χ0v) is 18.3. The molecule has 8 heteroatoms. The molecule has 1 aromatic carbocycles. The van der Waals surface area contributed by atoms with Gasteiger partial charge in [0.15, 0.2) is 0 Å². The van der Waals surface area contributed by atoms with Gasteiger partial charge in [0, 0.05) is 36.8 Å². The van der Waals surface area contributed by atoms with Crippen molar-refractivity contribution in [1.29, 1.82) is 0 Å². The number of piperazine rings is 1. The Morgan fingerprint density at radius 1 is 1.03 bits per heavy atom. The summed E-state index contributed by atoms with van der Waals surface area (Å²) in [4.78, 5) is 34.3. The van der Waals surface area contributed by atoms with E-state index in [1.807, 2.05) is 26.0 Å². The molecule has 3 rings (SSSR count). The monoisotopic (exact) mass is 429 g/mol. The fourth-order valence-electron chi connectivity index (χ4n) is 3.26. The van der Waals surface area contributed by atoms with Gasteiger partial charge in [0.2, 0.25) is 5.91 Å². The molecule has 0 aliphatic carbocycles. The van der Waals surface area contributed by atoms with Gasteiger partial charge < -0.3 is 20.4 Å². The van der Waals surface area contributed by atoms with Crippen LogP contribution in [0, 0.1) is 5.92 Å². The van der Waals surface area contributed by atoms with Crippen molar-refractivity contribution in [1.82, 2.24) is 15.2 Å². The SMILES string of the molecule is CC(C)C(NC(=O)c1ccc(Cl)cc1)C(=O)Nc1ccc(N2CCN(C)CC2)nc1. The second-order valence-electron chi connectivity index (χ2n) is 7.89. The molecule has 0 bridgehead atoms. The minimum Gasteiger partial charge on any atom is -0.354 e. The van der Waals surface area contributed by atoms with Crippen LogP contribution in [0.1, 0.15) is 24.2 Å². The largest absolute Gasteiger partial charge is 0.354 e. The van der Waals surface area contributed by atoms with Crippen molar-refractivity contribution in [2.75, 3.05) is 43.4 Å². The number of carbonyl (C=O) groups excluding carboxylic acids is 2. The maximum Gasteiger partial charge on any atom is 0.251 e. The Bertz CT molecular complexity index is 862. The number of benzene rings is 1. The summed E-state index contributed by atoms with van der Waals surface area (Å²) in [5.74, 6) is 0.224. The fourth-order valence-corrected chi connectivity index (χ4v) is 3.39. The smallest absolute Gasteiger partial charge is 0.251 e. The lowest BCUT2D eigenvalue weighted by molar-refractivity contribution is -0.118. The van der Waals surface area contributed by atoms with E-state index in [-0.39, 0.29) is 17.7 Å². The Kier molecular flexibility index (Phi) is 7.29. The van der Waals surface area contributed by atoms with Gasteiger partial charge in [-0.3, -0.25) is 9.59 Å². The number of halogens is 1. The molecule has 2 heterocycles. The molecule has 2 amide bonds. The third-order valence-electron chi connectivity index (χ3n) is 5.18. The molecule has 1 saturated heterocycles. The molecular formula is C22H28ClN5O2. The van der Waals surface area contributed by atoms with E-state index in [1.165, 1.54) is 0 Å². The molecule has 2 aromatic rings. The van der Waals surface area contributed by atoms with Crippen molar-refractivity contribution in [2.24, 2.45) is 5.92 Å². The summed E-state index contributed by atoms with van der Waals surface area (Å²) in [6, 6.07) is 9.64.